The second-order valence-corrected chi connectivity index (χ2v) is 21.9. The van der Waals surface area contributed by atoms with Gasteiger partial charge in [-0.15, -0.1) is 0 Å². The number of esters is 3. The second-order valence-electron chi connectivity index (χ2n) is 21.9. The Labute approximate surface area is 458 Å². The van der Waals surface area contributed by atoms with Crippen molar-refractivity contribution in [2.45, 2.75) is 252 Å². The molecule has 442 valence electrons. The Bertz CT molecular complexity index is 1250. The highest BCUT2D eigenvalue weighted by Gasteiger charge is 2.26. The van der Waals surface area contributed by atoms with Gasteiger partial charge in [-0.1, -0.05) is 143 Å². The highest BCUT2D eigenvalue weighted by atomic mass is 16.6. The maximum Gasteiger partial charge on any atom is 0.410 e. The van der Waals surface area contributed by atoms with Gasteiger partial charge in [0.05, 0.1) is 32.8 Å². The van der Waals surface area contributed by atoms with Crippen molar-refractivity contribution in [1.29, 1.82) is 0 Å². The van der Waals surface area contributed by atoms with Gasteiger partial charge in [-0.05, 0) is 85.2 Å². The zero-order chi connectivity index (χ0) is 54.9. The van der Waals surface area contributed by atoms with Crippen molar-refractivity contribution in [1.82, 2.24) is 14.7 Å². The van der Waals surface area contributed by atoms with E-state index in [0.29, 0.717) is 118 Å². The fraction of sp³-hybridized carbons (Fsp3) is 0.933. The van der Waals surface area contributed by atoms with Crippen molar-refractivity contribution in [2.75, 3.05) is 112 Å². The lowest BCUT2D eigenvalue weighted by atomic mass is 10.1. The molecule has 0 radical (unpaired) electrons. The van der Waals surface area contributed by atoms with Crippen LogP contribution in [0.1, 0.15) is 235 Å². The molecule has 0 aliphatic carbocycles. The van der Waals surface area contributed by atoms with Crippen LogP contribution in [-0.2, 0) is 52.3 Å². The smallest absolute Gasteiger partial charge is 0.410 e. The third-order valence-electron chi connectivity index (χ3n) is 13.4. The summed E-state index contributed by atoms with van der Waals surface area (Å²) in [6.07, 6.45) is 28.0. The first kappa shape index (κ1) is 70.5. The highest BCUT2D eigenvalue weighted by Crippen LogP contribution is 2.15. The van der Waals surface area contributed by atoms with Crippen LogP contribution in [0.4, 0.5) is 4.79 Å². The van der Waals surface area contributed by atoms with E-state index < -0.39 is 5.60 Å². The first-order valence-corrected chi connectivity index (χ1v) is 30.7. The van der Waals surface area contributed by atoms with Gasteiger partial charge in [0, 0.05) is 78.5 Å². The van der Waals surface area contributed by atoms with Crippen LogP contribution < -0.4 is 0 Å². The van der Waals surface area contributed by atoms with Crippen molar-refractivity contribution in [2.24, 2.45) is 0 Å². The van der Waals surface area contributed by atoms with Gasteiger partial charge in [0.15, 0.2) is 0 Å². The molecular weight excluding hydrogens is 955 g/mol. The number of hydrogen-bond acceptors (Lipinski definition) is 14. The van der Waals surface area contributed by atoms with E-state index in [1.807, 2.05) is 20.8 Å². The van der Waals surface area contributed by atoms with E-state index in [9.17, 15) is 19.2 Å². The van der Waals surface area contributed by atoms with Crippen LogP contribution >= 0.6 is 0 Å². The minimum absolute atomic E-state index is 0.181. The van der Waals surface area contributed by atoms with E-state index in [1.54, 1.807) is 4.90 Å². The Balaban J connectivity index is 2.58. The summed E-state index contributed by atoms with van der Waals surface area (Å²) < 4.78 is 46.5. The molecule has 1 saturated heterocycles. The molecule has 1 aliphatic rings. The number of amides is 1. The Morgan fingerprint density at radius 1 is 0.427 bits per heavy atom. The summed E-state index contributed by atoms with van der Waals surface area (Å²) >= 11 is 0. The summed E-state index contributed by atoms with van der Waals surface area (Å²) in [5.74, 6) is -0.552. The monoisotopic (exact) mass is 1070 g/mol. The lowest BCUT2D eigenvalue weighted by Gasteiger charge is -2.35. The molecule has 0 aromatic heterocycles. The summed E-state index contributed by atoms with van der Waals surface area (Å²) in [4.78, 5) is 57.5. The summed E-state index contributed by atoms with van der Waals surface area (Å²) in [5, 5.41) is 0. The number of rotatable bonds is 52. The van der Waals surface area contributed by atoms with Gasteiger partial charge in [0.2, 0.25) is 0 Å². The maximum absolute atomic E-state index is 13.0. The van der Waals surface area contributed by atoms with Crippen LogP contribution in [0, 0.1) is 0 Å². The van der Waals surface area contributed by atoms with Gasteiger partial charge in [-0.3, -0.25) is 19.3 Å². The molecule has 1 amide bonds. The molecule has 75 heavy (non-hydrogen) atoms. The molecule has 1 heterocycles. The van der Waals surface area contributed by atoms with Crippen molar-refractivity contribution < 1.29 is 57.1 Å². The molecule has 0 aromatic rings. The van der Waals surface area contributed by atoms with Crippen molar-refractivity contribution in [3.63, 3.8) is 0 Å². The van der Waals surface area contributed by atoms with E-state index in [4.69, 9.17) is 37.9 Å². The molecule has 1 rings (SSSR count). The van der Waals surface area contributed by atoms with Crippen LogP contribution in [0.2, 0.25) is 0 Å². The second kappa shape index (κ2) is 49.7. The molecule has 15 heteroatoms. The number of carbonyl (C=O) groups excluding carboxylic acids is 4. The van der Waals surface area contributed by atoms with Crippen LogP contribution in [0.5, 0.6) is 0 Å². The van der Waals surface area contributed by atoms with E-state index >= 15 is 0 Å². The number of piperazine rings is 1. The average Bonchev–Trinajstić information content (AvgIpc) is 3.38. The lowest BCUT2D eigenvalue weighted by Crippen LogP contribution is -2.50. The van der Waals surface area contributed by atoms with Gasteiger partial charge in [0.1, 0.15) is 24.4 Å². The normalized spacial score (nSPS) is 13.3. The molecule has 0 saturated carbocycles. The number of nitrogens with zero attached hydrogens (tertiary/aromatic N) is 3. The van der Waals surface area contributed by atoms with E-state index in [1.165, 1.54) is 51.4 Å². The first-order valence-electron chi connectivity index (χ1n) is 30.7. The Morgan fingerprint density at radius 2 is 0.800 bits per heavy atom. The number of hydrogen-bond donors (Lipinski definition) is 0. The Morgan fingerprint density at radius 3 is 1.19 bits per heavy atom. The molecule has 1 aliphatic heterocycles. The zero-order valence-electron chi connectivity index (χ0n) is 49.4. The van der Waals surface area contributed by atoms with E-state index in [0.717, 1.165) is 129 Å². The molecule has 0 bridgehead atoms. The van der Waals surface area contributed by atoms with Crippen LogP contribution in [0.15, 0.2) is 0 Å². The van der Waals surface area contributed by atoms with Crippen LogP contribution in [0.3, 0.4) is 0 Å². The standard InChI is InChI=1S/C60H115N3O12/c1-8-12-16-30-45-68-50-54(51-69-46-31-17-13-9-2)73-57(65)34-26-22-20-24-28-37-61(39-36-56(64)72-49-44-62-40-42-63(43-41-62)59(67)75-60(5,6)7)38-29-25-21-23-27-35-58(66)74-55(52-70-47-32-18-14-10-3)53-71-48-33-19-15-11-4/h54-55H,8-53H2,1-7H3. The summed E-state index contributed by atoms with van der Waals surface area (Å²) in [6.45, 7) is 24.6. The van der Waals surface area contributed by atoms with Crippen LogP contribution in [-0.4, -0.2) is 168 Å². The third kappa shape index (κ3) is 45.1. The lowest BCUT2D eigenvalue weighted by molar-refractivity contribution is -0.157. The van der Waals surface area contributed by atoms with Crippen LogP contribution in [0.25, 0.3) is 0 Å². The predicted molar refractivity (Wildman–Crippen MR) is 301 cm³/mol. The molecule has 0 aromatic carbocycles. The molecule has 0 unspecified atom stereocenters. The van der Waals surface area contributed by atoms with Gasteiger partial charge in [0.25, 0.3) is 0 Å². The zero-order valence-corrected chi connectivity index (χ0v) is 49.4. The maximum atomic E-state index is 13.0. The van der Waals surface area contributed by atoms with Gasteiger partial charge >= 0.3 is 24.0 Å². The summed E-state index contributed by atoms with van der Waals surface area (Å²) in [6, 6.07) is 0. The summed E-state index contributed by atoms with van der Waals surface area (Å²) in [5.41, 5.74) is -0.524. The fourth-order valence-corrected chi connectivity index (χ4v) is 8.80. The molecule has 0 spiro atoms. The molecule has 0 atom stereocenters. The SMILES string of the molecule is CCCCCCOCC(COCCCCCC)OC(=O)CCCCCCCN(CCCCCCCC(=O)OC(COCCCCCC)COCCCCCC)CCC(=O)OCCN1CCN(C(=O)OC(C)(C)C)CC1. The molecule has 15 nitrogen and oxygen atoms in total. The molecular formula is C60H115N3O12. The molecule has 0 N–H and O–H groups in total. The van der Waals surface area contributed by atoms with Gasteiger partial charge < -0.3 is 47.7 Å². The Hall–Kier alpha value is -2.56. The van der Waals surface area contributed by atoms with Crippen molar-refractivity contribution in [3.8, 4) is 0 Å². The minimum Gasteiger partial charge on any atom is -0.464 e. The topological polar surface area (TPSA) is 152 Å². The number of unbranched alkanes of at least 4 members (excludes halogenated alkanes) is 20. The third-order valence-corrected chi connectivity index (χ3v) is 13.4. The number of ether oxygens (including phenoxy) is 8. The van der Waals surface area contributed by atoms with Crippen molar-refractivity contribution >= 4 is 24.0 Å². The highest BCUT2D eigenvalue weighted by molar-refractivity contribution is 5.70. The van der Waals surface area contributed by atoms with E-state index in [-0.39, 0.29) is 36.2 Å². The Kier molecular flexibility index (Phi) is 46.7. The van der Waals surface area contributed by atoms with Crippen molar-refractivity contribution in [3.05, 3.63) is 0 Å². The molecule has 1 fully saturated rings. The predicted octanol–water partition coefficient (Wildman–Crippen LogP) is 12.7. The quantitative estimate of drug-likeness (QED) is 0.0323. The minimum atomic E-state index is -0.524. The fourth-order valence-electron chi connectivity index (χ4n) is 8.80. The van der Waals surface area contributed by atoms with Gasteiger partial charge in [-0.2, -0.15) is 0 Å². The van der Waals surface area contributed by atoms with E-state index in [2.05, 4.69) is 37.5 Å². The largest absolute Gasteiger partial charge is 0.464 e. The number of carbonyl (C=O) groups is 4. The average molecular weight is 1070 g/mol. The van der Waals surface area contributed by atoms with Gasteiger partial charge in [-0.25, -0.2) is 4.79 Å². The summed E-state index contributed by atoms with van der Waals surface area (Å²) in [7, 11) is 0. The first-order chi connectivity index (χ1) is 36.4.